The lowest BCUT2D eigenvalue weighted by molar-refractivity contribution is -0.118. The second kappa shape index (κ2) is 11.4. The minimum absolute atomic E-state index is 0.0295. The summed E-state index contributed by atoms with van der Waals surface area (Å²) < 4.78 is 7.21. The van der Waals surface area contributed by atoms with Crippen molar-refractivity contribution in [2.45, 2.75) is 31.3 Å². The molecule has 0 atom stereocenters. The quantitative estimate of drug-likeness (QED) is 0.128. The molecule has 0 saturated heterocycles. The van der Waals surface area contributed by atoms with Crippen LogP contribution in [0.25, 0.3) is 17.1 Å². The van der Waals surface area contributed by atoms with E-state index in [1.54, 1.807) is 13.2 Å². The summed E-state index contributed by atoms with van der Waals surface area (Å²) in [6.07, 6.45) is 1.38. The predicted octanol–water partition coefficient (Wildman–Crippen LogP) is 4.89. The minimum Gasteiger partial charge on any atom is -0.504 e. The number of aromatic nitrogens is 3. The highest BCUT2D eigenvalue weighted by Crippen LogP contribution is 2.31. The number of methoxy groups -OCH3 is 1. The van der Waals surface area contributed by atoms with Gasteiger partial charge in [-0.3, -0.25) is 9.36 Å². The van der Waals surface area contributed by atoms with Crippen LogP contribution < -0.4 is 10.2 Å². The summed E-state index contributed by atoms with van der Waals surface area (Å²) in [5.74, 6) is 0.602. The average Bonchev–Trinajstić information content (AvgIpc) is 3.33. The van der Waals surface area contributed by atoms with E-state index in [4.69, 9.17) is 4.74 Å². The number of hydrogen-bond donors (Lipinski definition) is 3. The molecule has 0 unspecified atom stereocenters. The number of aromatic hydroxyl groups is 2. The van der Waals surface area contributed by atoms with E-state index in [0.29, 0.717) is 16.5 Å². The fourth-order valence-electron chi connectivity index (χ4n) is 3.60. The van der Waals surface area contributed by atoms with Crippen molar-refractivity contribution >= 4 is 23.9 Å². The van der Waals surface area contributed by atoms with Gasteiger partial charge in [-0.1, -0.05) is 56.8 Å². The van der Waals surface area contributed by atoms with Crippen molar-refractivity contribution in [2.24, 2.45) is 5.10 Å². The highest BCUT2D eigenvalue weighted by Gasteiger charge is 2.19. The van der Waals surface area contributed by atoms with Crippen LogP contribution in [0.3, 0.4) is 0 Å². The summed E-state index contributed by atoms with van der Waals surface area (Å²) in [4.78, 5) is 12.5. The number of carbonyl (C=O) groups is 1. The molecule has 4 rings (SSSR count). The summed E-state index contributed by atoms with van der Waals surface area (Å²) in [7, 11) is 1.61. The van der Waals surface area contributed by atoms with E-state index in [-0.39, 0.29) is 28.6 Å². The number of rotatable bonds is 8. The second-order valence-electron chi connectivity index (χ2n) is 9.50. The molecule has 196 valence electrons. The zero-order valence-electron chi connectivity index (χ0n) is 21.5. The van der Waals surface area contributed by atoms with Gasteiger partial charge >= 0.3 is 0 Å². The van der Waals surface area contributed by atoms with Crippen LogP contribution in [0.5, 0.6) is 17.2 Å². The molecule has 3 N–H and O–H groups in total. The summed E-state index contributed by atoms with van der Waals surface area (Å²) >= 11 is 1.23. The Balaban J connectivity index is 1.54. The minimum atomic E-state index is -0.338. The lowest BCUT2D eigenvalue weighted by atomic mass is 9.87. The van der Waals surface area contributed by atoms with Crippen molar-refractivity contribution in [1.82, 2.24) is 20.2 Å². The van der Waals surface area contributed by atoms with Crippen LogP contribution in [-0.4, -0.2) is 50.0 Å². The average molecular weight is 532 g/mol. The number of hydrogen-bond acceptors (Lipinski definition) is 8. The van der Waals surface area contributed by atoms with E-state index in [2.05, 4.69) is 53.6 Å². The molecule has 10 heteroatoms. The van der Waals surface area contributed by atoms with Crippen LogP contribution in [0, 0.1) is 0 Å². The lowest BCUT2D eigenvalue weighted by Gasteiger charge is -2.19. The molecule has 0 spiro atoms. The van der Waals surface area contributed by atoms with Gasteiger partial charge in [-0.15, -0.1) is 10.2 Å². The van der Waals surface area contributed by atoms with E-state index in [1.807, 2.05) is 41.0 Å². The van der Waals surface area contributed by atoms with Crippen molar-refractivity contribution in [2.75, 3.05) is 12.9 Å². The first kappa shape index (κ1) is 26.7. The van der Waals surface area contributed by atoms with E-state index >= 15 is 0 Å². The predicted molar refractivity (Wildman–Crippen MR) is 148 cm³/mol. The van der Waals surface area contributed by atoms with Gasteiger partial charge in [0.1, 0.15) is 5.75 Å². The van der Waals surface area contributed by atoms with Gasteiger partial charge in [-0.2, -0.15) is 5.10 Å². The summed E-state index contributed by atoms with van der Waals surface area (Å²) in [5.41, 5.74) is 5.96. The Morgan fingerprint density at radius 1 is 1.03 bits per heavy atom. The maximum absolute atomic E-state index is 12.5. The van der Waals surface area contributed by atoms with Crippen LogP contribution in [0.15, 0.2) is 77.0 Å². The van der Waals surface area contributed by atoms with E-state index in [0.717, 1.165) is 17.0 Å². The molecule has 0 aliphatic heterocycles. The van der Waals surface area contributed by atoms with Gasteiger partial charge in [0.2, 0.25) is 0 Å². The Labute approximate surface area is 225 Å². The van der Waals surface area contributed by atoms with Gasteiger partial charge in [0.05, 0.1) is 19.1 Å². The van der Waals surface area contributed by atoms with Crippen molar-refractivity contribution < 1.29 is 19.7 Å². The normalized spacial score (nSPS) is 11.6. The van der Waals surface area contributed by atoms with Gasteiger partial charge in [0.15, 0.2) is 22.5 Å². The first-order chi connectivity index (χ1) is 18.2. The monoisotopic (exact) mass is 531 g/mol. The van der Waals surface area contributed by atoms with Gasteiger partial charge < -0.3 is 14.9 Å². The fourth-order valence-corrected chi connectivity index (χ4v) is 4.34. The molecule has 0 saturated carbocycles. The van der Waals surface area contributed by atoms with Gasteiger partial charge in [-0.25, -0.2) is 5.43 Å². The molecule has 0 radical (unpaired) electrons. The van der Waals surface area contributed by atoms with Crippen LogP contribution in [0.1, 0.15) is 31.9 Å². The molecule has 3 aromatic carbocycles. The maximum atomic E-state index is 12.5. The van der Waals surface area contributed by atoms with E-state index in [1.165, 1.54) is 35.7 Å². The first-order valence-corrected chi connectivity index (χ1v) is 12.8. The third kappa shape index (κ3) is 6.33. The summed E-state index contributed by atoms with van der Waals surface area (Å²) in [6, 6.07) is 20.0. The molecular formula is C28H29N5O4S. The lowest BCUT2D eigenvalue weighted by Crippen LogP contribution is -2.20. The van der Waals surface area contributed by atoms with Crippen molar-refractivity contribution in [3.05, 3.63) is 77.9 Å². The number of nitrogens with one attached hydrogen (secondary N) is 1. The standard InChI is InChI=1S/C28H29N5O4S/c1-28(2,3)20-8-6-19(7-9-20)26-31-32-27(33(26)21-10-12-22(37-4)13-11-21)38-17-25(36)30-29-16-18-5-14-23(34)24(35)15-18/h5-16,34-35H,17H2,1-4H3,(H,30,36)/b29-16+. The highest BCUT2D eigenvalue weighted by atomic mass is 32.2. The highest BCUT2D eigenvalue weighted by molar-refractivity contribution is 7.99. The number of ether oxygens (including phenoxy) is 1. The zero-order chi connectivity index (χ0) is 27.3. The largest absolute Gasteiger partial charge is 0.504 e. The second-order valence-corrected chi connectivity index (χ2v) is 10.4. The summed E-state index contributed by atoms with van der Waals surface area (Å²) in [5, 5.41) is 32.3. The molecule has 1 heterocycles. The van der Waals surface area contributed by atoms with Crippen LogP contribution in [-0.2, 0) is 10.2 Å². The topological polar surface area (TPSA) is 122 Å². The number of carbonyl (C=O) groups excluding carboxylic acids is 1. The molecule has 1 aromatic heterocycles. The number of amides is 1. The number of thioether (sulfide) groups is 1. The smallest absolute Gasteiger partial charge is 0.250 e. The maximum Gasteiger partial charge on any atom is 0.250 e. The van der Waals surface area contributed by atoms with Gasteiger partial charge in [0, 0.05) is 11.3 Å². The molecule has 0 aliphatic rings. The number of nitrogens with zero attached hydrogens (tertiary/aromatic N) is 4. The third-order valence-corrected chi connectivity index (χ3v) is 6.64. The van der Waals surface area contributed by atoms with Crippen molar-refractivity contribution in [3.63, 3.8) is 0 Å². The Bertz CT molecular complexity index is 1440. The van der Waals surface area contributed by atoms with Crippen LogP contribution >= 0.6 is 11.8 Å². The Hall–Kier alpha value is -4.31. The molecule has 38 heavy (non-hydrogen) atoms. The number of benzene rings is 3. The number of hydrazone groups is 1. The zero-order valence-corrected chi connectivity index (χ0v) is 22.4. The molecule has 0 aliphatic carbocycles. The summed E-state index contributed by atoms with van der Waals surface area (Å²) in [6.45, 7) is 6.50. The molecule has 9 nitrogen and oxygen atoms in total. The van der Waals surface area contributed by atoms with Crippen molar-refractivity contribution in [3.8, 4) is 34.3 Å². The number of phenols is 2. The third-order valence-electron chi connectivity index (χ3n) is 5.71. The molecule has 0 fully saturated rings. The van der Waals surface area contributed by atoms with Gasteiger partial charge in [0.25, 0.3) is 5.91 Å². The molecule has 1 amide bonds. The molecular weight excluding hydrogens is 502 g/mol. The van der Waals surface area contributed by atoms with Crippen LogP contribution in [0.2, 0.25) is 0 Å². The van der Waals surface area contributed by atoms with Crippen LogP contribution in [0.4, 0.5) is 0 Å². The van der Waals surface area contributed by atoms with Crippen molar-refractivity contribution in [1.29, 1.82) is 0 Å². The number of phenolic OH excluding ortho intramolecular Hbond substituents is 2. The Kier molecular flexibility index (Phi) is 8.02. The van der Waals surface area contributed by atoms with E-state index < -0.39 is 0 Å². The van der Waals surface area contributed by atoms with E-state index in [9.17, 15) is 15.0 Å². The SMILES string of the molecule is COc1ccc(-n2c(SCC(=O)N/N=C/c3ccc(O)c(O)c3)nnc2-c2ccc(C(C)(C)C)cc2)cc1. The fraction of sp³-hybridized carbons (Fsp3) is 0.214. The van der Waals surface area contributed by atoms with Gasteiger partial charge in [-0.05, 0) is 59.0 Å². The Morgan fingerprint density at radius 3 is 2.37 bits per heavy atom. The molecule has 0 bridgehead atoms. The molecule has 4 aromatic rings. The first-order valence-electron chi connectivity index (χ1n) is 11.8. The Morgan fingerprint density at radius 2 is 1.74 bits per heavy atom.